The minimum absolute atomic E-state index is 0.0287. The summed E-state index contributed by atoms with van der Waals surface area (Å²) >= 11 is 0. The van der Waals surface area contributed by atoms with Crippen molar-refractivity contribution in [3.63, 3.8) is 0 Å². The van der Waals surface area contributed by atoms with E-state index in [0.717, 1.165) is 64.2 Å². The molecule has 9 nitrogen and oxygen atoms in total. The molecule has 0 saturated carbocycles. The van der Waals surface area contributed by atoms with Gasteiger partial charge in [0.25, 0.3) is 7.82 Å². The molecule has 0 rings (SSSR count). The third-order valence-corrected chi connectivity index (χ3v) is 19.6. The molecule has 0 aliphatic heterocycles. The van der Waals surface area contributed by atoms with E-state index in [0.29, 0.717) is 17.4 Å². The average Bonchev–Trinajstić information content (AvgIpc) is 2.61. The number of esters is 2. The topological polar surface area (TPSA) is 111 Å². The van der Waals surface area contributed by atoms with Gasteiger partial charge in [-0.2, -0.15) is 0 Å². The molecular weight excluding hydrogens is 1170 g/mol. The highest BCUT2D eigenvalue weighted by atomic mass is 31.2. The van der Waals surface area contributed by atoms with E-state index in [1.165, 1.54) is 321 Å². The van der Waals surface area contributed by atoms with Crippen molar-refractivity contribution in [3.8, 4) is 0 Å². The number of hydrogen-bond acceptors (Lipinski definition) is 8. The Morgan fingerprint density at radius 1 is 0.344 bits per heavy atom. The first-order valence-electron chi connectivity index (χ1n) is 40.8. The van der Waals surface area contributed by atoms with Crippen molar-refractivity contribution in [2.75, 3.05) is 47.5 Å². The second kappa shape index (κ2) is 74.2. The van der Waals surface area contributed by atoms with Gasteiger partial charge in [0.2, 0.25) is 0 Å². The predicted molar refractivity (Wildman–Crippen MR) is 402 cm³/mol. The zero-order valence-corrected chi connectivity index (χ0v) is 63.6. The van der Waals surface area contributed by atoms with Crippen molar-refractivity contribution in [3.05, 3.63) is 48.6 Å². The fraction of sp³-hybridized carbons (Fsp3) is 0.880. The molecule has 0 fully saturated rings. The molecule has 0 amide bonds. The second-order valence-electron chi connectivity index (χ2n) is 29.1. The van der Waals surface area contributed by atoms with E-state index in [9.17, 15) is 19.0 Å². The van der Waals surface area contributed by atoms with Gasteiger partial charge in [-0.25, -0.2) is 0 Å². The van der Waals surface area contributed by atoms with Gasteiger partial charge in [0.1, 0.15) is 19.8 Å². The molecule has 0 aliphatic carbocycles. The van der Waals surface area contributed by atoms with Gasteiger partial charge in [-0.3, -0.25) is 14.2 Å². The van der Waals surface area contributed by atoms with E-state index < -0.39 is 26.5 Å². The Labute approximate surface area is 579 Å². The SMILES string of the molecule is CC/C=C\C/C=C\C/C=C\C/C=C\CCCCCCCCCCCCCCCCCCC(=O)OC(COC(=O)CCCCCCCCCCCCCCCCCCCCCCCCCCCCCCCCCCCCCCCCCC)COP(=O)([O-])OCC[N+](C)(C)C. The molecule has 0 aromatic heterocycles. The lowest BCUT2D eigenvalue weighted by atomic mass is 10.0. The molecule has 93 heavy (non-hydrogen) atoms. The van der Waals surface area contributed by atoms with Gasteiger partial charge in [0.05, 0.1) is 27.7 Å². The highest BCUT2D eigenvalue weighted by molar-refractivity contribution is 7.45. The Kier molecular flexibility index (Phi) is 72.6. The quantitative estimate of drug-likeness (QED) is 0.0195. The van der Waals surface area contributed by atoms with E-state index in [2.05, 4.69) is 62.5 Å². The number of carbonyl (C=O) groups excluding carboxylic acids is 2. The van der Waals surface area contributed by atoms with Crippen molar-refractivity contribution in [2.24, 2.45) is 0 Å². The summed E-state index contributed by atoms with van der Waals surface area (Å²) in [5.41, 5.74) is 0. The summed E-state index contributed by atoms with van der Waals surface area (Å²) < 4.78 is 34.4. The smallest absolute Gasteiger partial charge is 0.306 e. The van der Waals surface area contributed by atoms with Crippen LogP contribution in [-0.2, 0) is 32.7 Å². The fourth-order valence-electron chi connectivity index (χ4n) is 12.4. The maximum atomic E-state index is 12.9. The summed E-state index contributed by atoms with van der Waals surface area (Å²) in [6.07, 6.45) is 98.3. The Morgan fingerprint density at radius 2 is 0.613 bits per heavy atom. The largest absolute Gasteiger partial charge is 0.756 e. The van der Waals surface area contributed by atoms with Gasteiger partial charge in [0.15, 0.2) is 6.10 Å². The molecule has 0 spiro atoms. The molecule has 0 radical (unpaired) electrons. The first-order chi connectivity index (χ1) is 45.5. The number of likely N-dealkylation sites (N-methyl/N-ethyl adjacent to an activating group) is 1. The van der Waals surface area contributed by atoms with Crippen LogP contribution in [0.15, 0.2) is 48.6 Å². The minimum atomic E-state index is -4.64. The van der Waals surface area contributed by atoms with Crippen molar-refractivity contribution in [2.45, 2.75) is 424 Å². The molecule has 0 aromatic carbocycles. The highest BCUT2D eigenvalue weighted by Gasteiger charge is 2.22. The van der Waals surface area contributed by atoms with E-state index in [-0.39, 0.29) is 32.0 Å². The Hall–Kier alpha value is -2.03. The molecule has 0 aliphatic rings. The van der Waals surface area contributed by atoms with Crippen molar-refractivity contribution < 1.29 is 42.1 Å². The number of rotatable bonds is 77. The summed E-state index contributed by atoms with van der Waals surface area (Å²) in [7, 11) is 1.19. The van der Waals surface area contributed by atoms with Crippen LogP contribution in [0, 0.1) is 0 Å². The summed E-state index contributed by atoms with van der Waals surface area (Å²) in [4.78, 5) is 38.2. The van der Waals surface area contributed by atoms with Gasteiger partial charge in [0, 0.05) is 12.8 Å². The lowest BCUT2D eigenvalue weighted by molar-refractivity contribution is -0.870. The molecule has 10 heteroatoms. The standard InChI is InChI=1S/C83H158NO8P/c1-6-8-10-12-14-16-18-20-22-24-26-28-30-32-34-36-37-38-39-40-41-42-43-44-45-46-48-49-51-53-55-57-59-61-63-65-67-69-71-73-75-82(85)89-79-81(80-91-93(87,88)90-78-77-84(3,4)5)92-83(86)76-74-72-70-68-66-64-62-60-58-56-54-52-50-47-35-33-31-29-27-25-23-21-19-17-15-13-11-9-7-2/h9,11,15,17,21,23,27,29,81H,6-8,10,12-14,16,18-20,22,24-26,28,30-80H2,1-5H3/b11-9-,17-15-,23-21-,29-27-. The summed E-state index contributed by atoms with van der Waals surface area (Å²) in [5.74, 6) is -0.811. The van der Waals surface area contributed by atoms with Crippen LogP contribution in [0.5, 0.6) is 0 Å². The van der Waals surface area contributed by atoms with Crippen LogP contribution in [0.1, 0.15) is 418 Å². The number of phosphoric acid groups is 1. The number of ether oxygens (including phenoxy) is 2. The van der Waals surface area contributed by atoms with Crippen LogP contribution in [0.3, 0.4) is 0 Å². The van der Waals surface area contributed by atoms with Crippen LogP contribution in [-0.4, -0.2) is 70.0 Å². The Morgan fingerprint density at radius 3 is 0.914 bits per heavy atom. The zero-order chi connectivity index (χ0) is 67.6. The zero-order valence-electron chi connectivity index (χ0n) is 62.7. The minimum Gasteiger partial charge on any atom is -0.756 e. The third kappa shape index (κ3) is 78.8. The van der Waals surface area contributed by atoms with E-state index in [1.54, 1.807) is 0 Å². The van der Waals surface area contributed by atoms with Crippen LogP contribution in [0.25, 0.3) is 0 Å². The highest BCUT2D eigenvalue weighted by Crippen LogP contribution is 2.38. The van der Waals surface area contributed by atoms with Crippen LogP contribution >= 0.6 is 7.82 Å². The molecule has 0 bridgehead atoms. The molecule has 0 aromatic rings. The maximum absolute atomic E-state index is 12.9. The van der Waals surface area contributed by atoms with Gasteiger partial charge in [-0.15, -0.1) is 0 Å². The molecule has 0 N–H and O–H groups in total. The third-order valence-electron chi connectivity index (χ3n) is 18.6. The monoisotopic (exact) mass is 1330 g/mol. The van der Waals surface area contributed by atoms with Gasteiger partial charge in [-0.05, 0) is 51.4 Å². The molecule has 2 unspecified atom stereocenters. The van der Waals surface area contributed by atoms with E-state index >= 15 is 0 Å². The number of allylic oxidation sites excluding steroid dienone is 8. The summed E-state index contributed by atoms with van der Waals surface area (Å²) in [5, 5.41) is 0. The number of hydrogen-bond donors (Lipinski definition) is 0. The number of phosphoric ester groups is 1. The Bertz CT molecular complexity index is 1710. The van der Waals surface area contributed by atoms with E-state index in [4.69, 9.17) is 18.5 Å². The molecular formula is C83H158NO8P. The van der Waals surface area contributed by atoms with Gasteiger partial charge in [-0.1, -0.05) is 403 Å². The van der Waals surface area contributed by atoms with Crippen molar-refractivity contribution >= 4 is 19.8 Å². The van der Waals surface area contributed by atoms with Crippen molar-refractivity contribution in [1.29, 1.82) is 0 Å². The first-order valence-corrected chi connectivity index (χ1v) is 42.3. The van der Waals surface area contributed by atoms with E-state index in [1.807, 2.05) is 21.1 Å². The number of quaternary nitrogens is 1. The lowest BCUT2D eigenvalue weighted by Gasteiger charge is -2.28. The number of unbranched alkanes of at least 4 members (excludes halogenated alkanes) is 55. The molecule has 0 heterocycles. The summed E-state index contributed by atoms with van der Waals surface area (Å²) in [6.45, 7) is 4.21. The number of carbonyl (C=O) groups is 2. The molecule has 548 valence electrons. The second-order valence-corrected chi connectivity index (χ2v) is 30.5. The normalized spacial score (nSPS) is 13.2. The van der Waals surface area contributed by atoms with Gasteiger partial charge < -0.3 is 27.9 Å². The predicted octanol–water partition coefficient (Wildman–Crippen LogP) is 26.5. The maximum Gasteiger partial charge on any atom is 0.306 e. The van der Waals surface area contributed by atoms with Gasteiger partial charge >= 0.3 is 11.9 Å². The van der Waals surface area contributed by atoms with Crippen LogP contribution < -0.4 is 4.89 Å². The van der Waals surface area contributed by atoms with Crippen LogP contribution in [0.4, 0.5) is 0 Å². The number of nitrogens with zero attached hydrogens (tertiary/aromatic N) is 1. The molecule has 2 atom stereocenters. The fourth-order valence-corrected chi connectivity index (χ4v) is 13.1. The summed E-state index contributed by atoms with van der Waals surface area (Å²) in [6, 6.07) is 0. The van der Waals surface area contributed by atoms with Crippen molar-refractivity contribution in [1.82, 2.24) is 0 Å². The molecule has 0 saturated heterocycles. The first kappa shape index (κ1) is 91.0. The van der Waals surface area contributed by atoms with Crippen LogP contribution in [0.2, 0.25) is 0 Å². The Balaban J connectivity index is 3.87. The lowest BCUT2D eigenvalue weighted by Crippen LogP contribution is -2.37. The average molecular weight is 1330 g/mol.